The van der Waals surface area contributed by atoms with Crippen LogP contribution in [0.3, 0.4) is 0 Å². The Hall–Kier alpha value is -4.25. The van der Waals surface area contributed by atoms with Crippen LogP contribution in [0, 0.1) is 0 Å². The number of amides is 2. The molecule has 3 aromatic rings. The van der Waals surface area contributed by atoms with Gasteiger partial charge in [0.1, 0.15) is 5.69 Å². The van der Waals surface area contributed by atoms with Crippen molar-refractivity contribution in [2.75, 3.05) is 30.4 Å². The van der Waals surface area contributed by atoms with Gasteiger partial charge in [0.25, 0.3) is 11.8 Å². The highest BCUT2D eigenvalue weighted by Crippen LogP contribution is 2.42. The highest BCUT2D eigenvalue weighted by Gasteiger charge is 2.43. The zero-order valence-electron chi connectivity index (χ0n) is 20.8. The number of alkyl halides is 2. The zero-order valence-corrected chi connectivity index (χ0v) is 20.8. The number of hydrogen-bond acceptors (Lipinski definition) is 7. The molecule has 38 heavy (non-hydrogen) atoms. The van der Waals surface area contributed by atoms with Gasteiger partial charge in [-0.3, -0.25) is 14.6 Å². The smallest absolute Gasteiger partial charge is 0.395 e. The number of para-hydroxylation sites is 1. The maximum atomic E-state index is 13.3. The Bertz CT molecular complexity index is 1290. The van der Waals surface area contributed by atoms with E-state index in [0.717, 1.165) is 12.0 Å². The number of carbonyl (C=O) groups excluding carboxylic acids is 2. The van der Waals surface area contributed by atoms with E-state index in [0.29, 0.717) is 44.0 Å². The Morgan fingerprint density at radius 2 is 1.82 bits per heavy atom. The molecule has 0 fully saturated rings. The SMILES string of the molecule is CCCOCCCNC(=O)c1cc(CNc2ccccc2C(=O)Nc2ccc3c(c2)OC(F)(F)O3)ccn1. The number of aromatic nitrogens is 1. The van der Waals surface area contributed by atoms with Crippen LogP contribution in [0.4, 0.5) is 20.2 Å². The summed E-state index contributed by atoms with van der Waals surface area (Å²) in [5, 5.41) is 8.72. The monoisotopic (exact) mass is 526 g/mol. The van der Waals surface area contributed by atoms with Gasteiger partial charge in [-0.1, -0.05) is 19.1 Å². The molecule has 1 aliphatic heterocycles. The Morgan fingerprint density at radius 1 is 1.00 bits per heavy atom. The molecule has 1 aromatic heterocycles. The van der Waals surface area contributed by atoms with Gasteiger partial charge in [-0.15, -0.1) is 8.78 Å². The van der Waals surface area contributed by atoms with Gasteiger partial charge in [0.05, 0.1) is 5.56 Å². The molecule has 3 N–H and O–H groups in total. The quantitative estimate of drug-likeness (QED) is 0.291. The van der Waals surface area contributed by atoms with E-state index in [4.69, 9.17) is 4.74 Å². The first-order chi connectivity index (χ1) is 18.3. The molecule has 0 radical (unpaired) electrons. The van der Waals surface area contributed by atoms with Crippen LogP contribution in [-0.2, 0) is 11.3 Å². The fourth-order valence-electron chi connectivity index (χ4n) is 3.68. The number of pyridine rings is 1. The second-order valence-corrected chi connectivity index (χ2v) is 8.45. The summed E-state index contributed by atoms with van der Waals surface area (Å²) in [7, 11) is 0. The van der Waals surface area contributed by atoms with Crippen LogP contribution in [0.25, 0.3) is 0 Å². The minimum absolute atomic E-state index is 0.110. The Balaban J connectivity index is 1.34. The minimum atomic E-state index is -3.74. The molecular weight excluding hydrogens is 498 g/mol. The van der Waals surface area contributed by atoms with Gasteiger partial charge in [-0.05, 0) is 54.8 Å². The predicted octanol–water partition coefficient (Wildman–Crippen LogP) is 4.81. The van der Waals surface area contributed by atoms with Gasteiger partial charge in [-0.2, -0.15) is 0 Å². The number of rotatable bonds is 12. The second kappa shape index (κ2) is 12.3. The molecule has 0 saturated carbocycles. The first kappa shape index (κ1) is 26.8. The summed E-state index contributed by atoms with van der Waals surface area (Å²) >= 11 is 0. The molecule has 0 spiro atoms. The van der Waals surface area contributed by atoms with Crippen molar-refractivity contribution >= 4 is 23.2 Å². The number of fused-ring (bicyclic) bond motifs is 1. The lowest BCUT2D eigenvalue weighted by Crippen LogP contribution is -2.26. The molecule has 2 heterocycles. The zero-order chi connectivity index (χ0) is 27.0. The van der Waals surface area contributed by atoms with E-state index in [1.165, 1.54) is 18.2 Å². The highest BCUT2D eigenvalue weighted by molar-refractivity contribution is 6.08. The molecule has 11 heteroatoms. The third-order valence-electron chi connectivity index (χ3n) is 5.47. The van der Waals surface area contributed by atoms with Crippen molar-refractivity contribution in [1.29, 1.82) is 0 Å². The normalized spacial score (nSPS) is 13.1. The molecular formula is C27H28F2N4O5. The number of halogens is 2. The lowest BCUT2D eigenvalue weighted by atomic mass is 10.1. The number of ether oxygens (including phenoxy) is 3. The third kappa shape index (κ3) is 7.16. The van der Waals surface area contributed by atoms with E-state index in [1.807, 2.05) is 6.92 Å². The number of nitrogens with zero attached hydrogens (tertiary/aromatic N) is 1. The molecule has 0 unspecified atom stereocenters. The van der Waals surface area contributed by atoms with E-state index in [1.54, 1.807) is 42.6 Å². The van der Waals surface area contributed by atoms with Crippen molar-refractivity contribution < 1.29 is 32.6 Å². The van der Waals surface area contributed by atoms with Gasteiger partial charge in [0.2, 0.25) is 0 Å². The van der Waals surface area contributed by atoms with Crippen molar-refractivity contribution in [2.24, 2.45) is 0 Å². The van der Waals surface area contributed by atoms with Crippen LogP contribution in [0.2, 0.25) is 0 Å². The van der Waals surface area contributed by atoms with Crippen LogP contribution in [0.1, 0.15) is 46.2 Å². The topological polar surface area (TPSA) is 111 Å². The number of hydrogen-bond donors (Lipinski definition) is 3. The number of nitrogens with one attached hydrogen (secondary N) is 3. The third-order valence-corrected chi connectivity index (χ3v) is 5.47. The van der Waals surface area contributed by atoms with E-state index < -0.39 is 12.2 Å². The number of benzene rings is 2. The van der Waals surface area contributed by atoms with Crippen LogP contribution in [0.15, 0.2) is 60.8 Å². The maximum Gasteiger partial charge on any atom is 0.586 e. The lowest BCUT2D eigenvalue weighted by molar-refractivity contribution is -0.286. The average molecular weight is 527 g/mol. The summed E-state index contributed by atoms with van der Waals surface area (Å²) in [5.74, 6) is -0.997. The lowest BCUT2D eigenvalue weighted by Gasteiger charge is -2.13. The molecule has 0 atom stereocenters. The predicted molar refractivity (Wildman–Crippen MR) is 137 cm³/mol. The molecule has 2 amide bonds. The molecule has 4 rings (SSSR count). The van der Waals surface area contributed by atoms with Crippen molar-refractivity contribution in [3.63, 3.8) is 0 Å². The van der Waals surface area contributed by atoms with E-state index >= 15 is 0 Å². The molecule has 0 bridgehead atoms. The maximum absolute atomic E-state index is 13.3. The van der Waals surface area contributed by atoms with Crippen molar-refractivity contribution in [3.05, 3.63) is 77.6 Å². The highest BCUT2D eigenvalue weighted by atomic mass is 19.3. The molecule has 1 aliphatic rings. The number of carbonyl (C=O) groups is 2. The molecule has 200 valence electrons. The van der Waals surface area contributed by atoms with Gasteiger partial charge >= 0.3 is 6.29 Å². The first-order valence-corrected chi connectivity index (χ1v) is 12.2. The first-order valence-electron chi connectivity index (χ1n) is 12.2. The second-order valence-electron chi connectivity index (χ2n) is 8.45. The Kier molecular flexibility index (Phi) is 8.70. The largest absolute Gasteiger partial charge is 0.586 e. The van der Waals surface area contributed by atoms with E-state index in [9.17, 15) is 18.4 Å². The fourth-order valence-corrected chi connectivity index (χ4v) is 3.68. The van der Waals surface area contributed by atoms with Gasteiger partial charge in [-0.25, -0.2) is 0 Å². The Morgan fingerprint density at radius 3 is 2.66 bits per heavy atom. The summed E-state index contributed by atoms with van der Waals surface area (Å²) < 4.78 is 40.8. The molecule has 0 aliphatic carbocycles. The standard InChI is InChI=1S/C27H28F2N4O5/c1-2-13-36-14-5-11-31-26(35)22-15-18(10-12-30-22)17-32-21-7-4-3-6-20(21)25(34)33-19-8-9-23-24(16-19)38-27(28,29)37-23/h3-4,6-10,12,15-16,32H,2,5,11,13-14,17H2,1H3,(H,31,35)(H,33,34). The van der Waals surface area contributed by atoms with Crippen LogP contribution >= 0.6 is 0 Å². The van der Waals surface area contributed by atoms with E-state index in [2.05, 4.69) is 30.4 Å². The van der Waals surface area contributed by atoms with Crippen molar-refractivity contribution in [3.8, 4) is 11.5 Å². The fraction of sp³-hybridized carbons (Fsp3) is 0.296. The summed E-state index contributed by atoms with van der Waals surface area (Å²) in [6, 6.07) is 14.3. The summed E-state index contributed by atoms with van der Waals surface area (Å²) in [4.78, 5) is 29.5. The Labute approximate surface area is 218 Å². The molecule has 0 saturated heterocycles. The average Bonchev–Trinajstić information content (AvgIpc) is 3.22. The van der Waals surface area contributed by atoms with Crippen molar-refractivity contribution in [2.45, 2.75) is 32.6 Å². The van der Waals surface area contributed by atoms with Crippen LogP contribution < -0.4 is 25.4 Å². The van der Waals surface area contributed by atoms with E-state index in [-0.39, 0.29) is 28.8 Å². The van der Waals surface area contributed by atoms with Crippen LogP contribution in [-0.4, -0.2) is 42.9 Å². The summed E-state index contributed by atoms with van der Waals surface area (Å²) in [6.45, 7) is 4.15. The minimum Gasteiger partial charge on any atom is -0.395 e. The molecule has 9 nitrogen and oxygen atoms in total. The summed E-state index contributed by atoms with van der Waals surface area (Å²) in [5.41, 5.74) is 2.24. The van der Waals surface area contributed by atoms with Gasteiger partial charge in [0, 0.05) is 49.9 Å². The van der Waals surface area contributed by atoms with Gasteiger partial charge in [0.15, 0.2) is 11.5 Å². The van der Waals surface area contributed by atoms with Gasteiger partial charge < -0.3 is 30.2 Å². The summed E-state index contributed by atoms with van der Waals surface area (Å²) in [6.07, 6.45) is -0.517. The van der Waals surface area contributed by atoms with Crippen molar-refractivity contribution in [1.82, 2.24) is 10.3 Å². The molecule has 2 aromatic carbocycles. The number of anilines is 2. The van der Waals surface area contributed by atoms with Crippen LogP contribution in [0.5, 0.6) is 11.5 Å².